The molecule has 1 heterocycles. The Morgan fingerprint density at radius 3 is 2.91 bits per heavy atom. The minimum absolute atomic E-state index is 0.110. The molecule has 0 radical (unpaired) electrons. The first-order valence-corrected chi connectivity index (χ1v) is 9.11. The third-order valence-electron chi connectivity index (χ3n) is 3.31. The zero-order valence-corrected chi connectivity index (χ0v) is 14.8. The van der Waals surface area contributed by atoms with Crippen LogP contribution in [0.5, 0.6) is 0 Å². The molecule has 1 aromatic carbocycles. The van der Waals surface area contributed by atoms with Gasteiger partial charge < -0.3 is 10.4 Å². The van der Waals surface area contributed by atoms with Crippen molar-refractivity contribution in [1.82, 2.24) is 15.5 Å². The molecule has 8 heteroatoms. The zero-order valence-electron chi connectivity index (χ0n) is 12.5. The van der Waals surface area contributed by atoms with E-state index in [2.05, 4.69) is 15.5 Å². The molecule has 0 saturated carbocycles. The quantitative estimate of drug-likeness (QED) is 0.695. The second-order valence-electron chi connectivity index (χ2n) is 4.92. The second kappa shape index (κ2) is 8.59. The van der Waals surface area contributed by atoms with Crippen molar-refractivity contribution in [2.24, 2.45) is 0 Å². The number of thioether (sulfide) groups is 1. The van der Waals surface area contributed by atoms with Gasteiger partial charge in [-0.15, -0.1) is 0 Å². The van der Waals surface area contributed by atoms with E-state index in [0.29, 0.717) is 33.3 Å². The van der Waals surface area contributed by atoms with Gasteiger partial charge in [0.2, 0.25) is 0 Å². The van der Waals surface area contributed by atoms with Crippen LogP contribution in [0.2, 0.25) is 10.0 Å². The number of aromatic amines is 1. The van der Waals surface area contributed by atoms with Crippen LogP contribution in [0.25, 0.3) is 11.3 Å². The fraction of sp³-hybridized carbons (Fsp3) is 0.333. The number of carbonyl (C=O) groups is 1. The molecule has 1 atom stereocenters. The number of hydrogen-bond donors (Lipinski definition) is 3. The summed E-state index contributed by atoms with van der Waals surface area (Å²) in [6.07, 6.45) is 4.11. The maximum absolute atomic E-state index is 12.5. The zero-order chi connectivity index (χ0) is 16.8. The Kier molecular flexibility index (Phi) is 6.77. The monoisotopic (exact) mass is 373 g/mol. The van der Waals surface area contributed by atoms with E-state index in [0.717, 1.165) is 5.75 Å². The van der Waals surface area contributed by atoms with Crippen LogP contribution in [0, 0.1) is 0 Å². The largest absolute Gasteiger partial charge is 0.394 e. The van der Waals surface area contributed by atoms with Crippen molar-refractivity contribution in [2.75, 3.05) is 18.6 Å². The maximum Gasteiger partial charge on any atom is 0.255 e. The first kappa shape index (κ1) is 18.1. The van der Waals surface area contributed by atoms with Crippen molar-refractivity contribution < 1.29 is 9.90 Å². The molecule has 0 aliphatic carbocycles. The summed E-state index contributed by atoms with van der Waals surface area (Å²) in [4.78, 5) is 12.5. The van der Waals surface area contributed by atoms with E-state index >= 15 is 0 Å². The van der Waals surface area contributed by atoms with Gasteiger partial charge in [0.25, 0.3) is 5.91 Å². The molecule has 124 valence electrons. The van der Waals surface area contributed by atoms with Crippen LogP contribution in [-0.4, -0.2) is 45.9 Å². The van der Waals surface area contributed by atoms with Gasteiger partial charge in [0.1, 0.15) is 0 Å². The molecule has 0 bridgehead atoms. The van der Waals surface area contributed by atoms with Gasteiger partial charge in [-0.05, 0) is 36.6 Å². The van der Waals surface area contributed by atoms with Crippen molar-refractivity contribution in [3.63, 3.8) is 0 Å². The Morgan fingerprint density at radius 2 is 2.26 bits per heavy atom. The van der Waals surface area contributed by atoms with Gasteiger partial charge in [-0.3, -0.25) is 9.89 Å². The highest BCUT2D eigenvalue weighted by Gasteiger charge is 2.19. The Bertz CT molecular complexity index is 678. The van der Waals surface area contributed by atoms with E-state index in [1.165, 1.54) is 6.20 Å². The molecular formula is C15H17Cl2N3O2S. The minimum atomic E-state index is -0.306. The first-order chi connectivity index (χ1) is 11.1. The number of nitrogens with one attached hydrogen (secondary N) is 2. The Labute approximate surface area is 148 Å². The molecule has 0 aliphatic rings. The fourth-order valence-corrected chi connectivity index (χ4v) is 3.11. The molecule has 0 unspecified atom stereocenters. The number of aromatic nitrogens is 2. The fourth-order valence-electron chi connectivity index (χ4n) is 2.09. The predicted molar refractivity (Wildman–Crippen MR) is 95.4 cm³/mol. The standard InChI is InChI=1S/C15H17Cl2N3O2S/c1-23-5-4-10(8-21)19-15(22)12-7-18-20-14(12)11-3-2-9(16)6-13(11)17/h2-3,6-7,10,21H,4-5,8H2,1H3,(H,18,20)(H,19,22)/t10-/m0/s1. The number of amides is 1. The summed E-state index contributed by atoms with van der Waals surface area (Å²) in [6, 6.07) is 4.74. The molecule has 2 aromatic rings. The number of nitrogens with zero attached hydrogens (tertiary/aromatic N) is 1. The number of carbonyl (C=O) groups excluding carboxylic acids is 1. The van der Waals surface area contributed by atoms with Gasteiger partial charge >= 0.3 is 0 Å². The predicted octanol–water partition coefficient (Wildman–Crippen LogP) is 3.23. The number of rotatable bonds is 7. The lowest BCUT2D eigenvalue weighted by Gasteiger charge is -2.15. The summed E-state index contributed by atoms with van der Waals surface area (Å²) in [6.45, 7) is -0.110. The molecule has 1 aromatic heterocycles. The van der Waals surface area contributed by atoms with Crippen LogP contribution < -0.4 is 5.32 Å². The summed E-state index contributed by atoms with van der Waals surface area (Å²) in [7, 11) is 0. The van der Waals surface area contributed by atoms with E-state index in [9.17, 15) is 9.90 Å². The van der Waals surface area contributed by atoms with Crippen LogP contribution >= 0.6 is 35.0 Å². The Balaban J connectivity index is 2.21. The SMILES string of the molecule is CSCC[C@@H](CO)NC(=O)c1cn[nH]c1-c1ccc(Cl)cc1Cl. The van der Waals surface area contributed by atoms with Crippen LogP contribution in [0.15, 0.2) is 24.4 Å². The number of aliphatic hydroxyl groups excluding tert-OH is 1. The molecule has 0 aliphatic heterocycles. The van der Waals surface area contributed by atoms with Gasteiger partial charge in [-0.25, -0.2) is 0 Å². The maximum atomic E-state index is 12.5. The van der Waals surface area contributed by atoms with Gasteiger partial charge in [-0.1, -0.05) is 23.2 Å². The average molecular weight is 374 g/mol. The smallest absolute Gasteiger partial charge is 0.255 e. The highest BCUT2D eigenvalue weighted by Crippen LogP contribution is 2.31. The Hall–Kier alpha value is -1.21. The van der Waals surface area contributed by atoms with E-state index in [-0.39, 0.29) is 18.6 Å². The third kappa shape index (κ3) is 4.64. The highest BCUT2D eigenvalue weighted by molar-refractivity contribution is 7.98. The summed E-state index contributed by atoms with van der Waals surface area (Å²) in [5.41, 5.74) is 1.53. The molecule has 1 amide bonds. The summed E-state index contributed by atoms with van der Waals surface area (Å²) < 4.78 is 0. The number of H-pyrrole nitrogens is 1. The molecule has 0 spiro atoms. The van der Waals surface area contributed by atoms with Gasteiger partial charge in [0.05, 0.1) is 35.1 Å². The van der Waals surface area contributed by atoms with Crippen molar-refractivity contribution in [3.8, 4) is 11.3 Å². The number of aliphatic hydroxyl groups is 1. The molecule has 5 nitrogen and oxygen atoms in total. The van der Waals surface area contributed by atoms with Crippen LogP contribution in [0.3, 0.4) is 0 Å². The lowest BCUT2D eigenvalue weighted by Crippen LogP contribution is -2.38. The minimum Gasteiger partial charge on any atom is -0.394 e. The second-order valence-corrected chi connectivity index (χ2v) is 6.75. The molecule has 23 heavy (non-hydrogen) atoms. The summed E-state index contributed by atoms with van der Waals surface area (Å²) >= 11 is 13.8. The summed E-state index contributed by atoms with van der Waals surface area (Å²) in [5, 5.41) is 19.9. The van der Waals surface area contributed by atoms with Crippen LogP contribution in [-0.2, 0) is 0 Å². The molecule has 0 fully saturated rings. The van der Waals surface area contributed by atoms with Crippen LogP contribution in [0.4, 0.5) is 0 Å². The van der Waals surface area contributed by atoms with Gasteiger partial charge in [0.15, 0.2) is 0 Å². The van der Waals surface area contributed by atoms with Gasteiger partial charge in [-0.2, -0.15) is 16.9 Å². The van der Waals surface area contributed by atoms with Crippen molar-refractivity contribution in [3.05, 3.63) is 40.0 Å². The first-order valence-electron chi connectivity index (χ1n) is 6.96. The van der Waals surface area contributed by atoms with Crippen LogP contribution in [0.1, 0.15) is 16.8 Å². The average Bonchev–Trinajstić information content (AvgIpc) is 3.00. The normalized spacial score (nSPS) is 12.2. The molecular weight excluding hydrogens is 357 g/mol. The Morgan fingerprint density at radius 1 is 1.48 bits per heavy atom. The molecule has 0 saturated heterocycles. The number of benzene rings is 1. The lowest BCUT2D eigenvalue weighted by atomic mass is 10.1. The highest BCUT2D eigenvalue weighted by atomic mass is 35.5. The molecule has 3 N–H and O–H groups in total. The van der Waals surface area contributed by atoms with Crippen molar-refractivity contribution in [2.45, 2.75) is 12.5 Å². The number of hydrogen-bond acceptors (Lipinski definition) is 4. The van der Waals surface area contributed by atoms with E-state index in [4.69, 9.17) is 23.2 Å². The molecule has 2 rings (SSSR count). The third-order valence-corrected chi connectivity index (χ3v) is 4.50. The van der Waals surface area contributed by atoms with E-state index < -0.39 is 0 Å². The van der Waals surface area contributed by atoms with Crippen molar-refractivity contribution >= 4 is 40.9 Å². The van der Waals surface area contributed by atoms with Gasteiger partial charge in [0, 0.05) is 10.6 Å². The lowest BCUT2D eigenvalue weighted by molar-refractivity contribution is 0.0916. The topological polar surface area (TPSA) is 78.0 Å². The van der Waals surface area contributed by atoms with Crippen molar-refractivity contribution in [1.29, 1.82) is 0 Å². The number of halogens is 2. The van der Waals surface area contributed by atoms with E-state index in [1.807, 2.05) is 6.26 Å². The summed E-state index contributed by atoms with van der Waals surface area (Å²) in [5.74, 6) is 0.548. The van der Waals surface area contributed by atoms with E-state index in [1.54, 1.807) is 30.0 Å².